The van der Waals surface area contributed by atoms with Crippen molar-refractivity contribution in [2.24, 2.45) is 0 Å². The molecule has 0 aliphatic carbocycles. The molecule has 2 aromatic heterocycles. The van der Waals surface area contributed by atoms with Crippen molar-refractivity contribution >= 4 is 38.1 Å². The summed E-state index contributed by atoms with van der Waals surface area (Å²) in [5.74, 6) is 0. The zero-order valence-electron chi connectivity index (χ0n) is 12.9. The van der Waals surface area contributed by atoms with Crippen molar-refractivity contribution in [1.29, 1.82) is 0 Å². The average molecular weight is 341 g/mol. The Kier molecular flexibility index (Phi) is 3.83. The van der Waals surface area contributed by atoms with E-state index in [1.807, 2.05) is 24.3 Å². The minimum Gasteiger partial charge on any atom is -0.290 e. The zero-order valence-corrected chi connectivity index (χ0v) is 14.5. The Morgan fingerprint density at radius 2 is 1.96 bits per heavy atom. The smallest absolute Gasteiger partial charge is 0.195 e. The molecule has 0 unspecified atom stereocenters. The van der Waals surface area contributed by atoms with Gasteiger partial charge in [0.1, 0.15) is 0 Å². The lowest BCUT2D eigenvalue weighted by Crippen LogP contribution is -1.84. The largest absolute Gasteiger partial charge is 0.290 e. The van der Waals surface area contributed by atoms with E-state index in [1.54, 1.807) is 11.3 Å². The lowest BCUT2D eigenvalue weighted by atomic mass is 10.1. The fourth-order valence-electron chi connectivity index (χ4n) is 2.84. The molecule has 23 heavy (non-hydrogen) atoms. The van der Waals surface area contributed by atoms with Crippen LogP contribution in [0.15, 0.2) is 48.7 Å². The predicted octanol–water partition coefficient (Wildman–Crippen LogP) is 6.21. The van der Waals surface area contributed by atoms with Crippen LogP contribution in [0.1, 0.15) is 25.3 Å². The Bertz CT molecular complexity index is 966. The molecule has 2 aromatic carbocycles. The van der Waals surface area contributed by atoms with Gasteiger partial charge < -0.3 is 0 Å². The van der Waals surface area contributed by atoms with E-state index in [0.29, 0.717) is 0 Å². The molecule has 0 fully saturated rings. The molecule has 0 saturated carbocycles. The lowest BCUT2D eigenvalue weighted by molar-refractivity contribution is 0.796. The molecule has 4 rings (SSSR count). The molecule has 0 saturated heterocycles. The normalized spacial score (nSPS) is 11.6. The van der Waals surface area contributed by atoms with Crippen LogP contribution in [-0.2, 0) is 6.42 Å². The monoisotopic (exact) mass is 340 g/mol. The highest BCUT2D eigenvalue weighted by molar-refractivity contribution is 7.23. The molecule has 0 bridgehead atoms. The van der Waals surface area contributed by atoms with Crippen molar-refractivity contribution in [3.05, 3.63) is 59.2 Å². The maximum Gasteiger partial charge on any atom is 0.195 e. The molecule has 2 nitrogen and oxygen atoms in total. The first-order valence-corrected chi connectivity index (χ1v) is 9.10. The predicted molar refractivity (Wildman–Crippen MR) is 99.6 cm³/mol. The molecule has 0 spiro atoms. The van der Waals surface area contributed by atoms with Crippen molar-refractivity contribution < 1.29 is 0 Å². The summed E-state index contributed by atoms with van der Waals surface area (Å²) in [4.78, 5) is 5.82. The zero-order chi connectivity index (χ0) is 15.8. The van der Waals surface area contributed by atoms with Gasteiger partial charge in [-0.3, -0.25) is 4.40 Å². The van der Waals surface area contributed by atoms with E-state index < -0.39 is 0 Å². The Hall–Kier alpha value is -1.84. The molecule has 0 aliphatic heterocycles. The van der Waals surface area contributed by atoms with Gasteiger partial charge in [0.05, 0.1) is 15.9 Å². The van der Waals surface area contributed by atoms with E-state index >= 15 is 0 Å². The number of benzene rings is 2. The van der Waals surface area contributed by atoms with Crippen LogP contribution in [0.5, 0.6) is 0 Å². The summed E-state index contributed by atoms with van der Waals surface area (Å²) in [5.41, 5.74) is 4.74. The van der Waals surface area contributed by atoms with Gasteiger partial charge in [0.25, 0.3) is 0 Å². The number of nitrogens with zero attached hydrogens (tertiary/aromatic N) is 2. The third kappa shape index (κ3) is 2.75. The summed E-state index contributed by atoms with van der Waals surface area (Å²) in [6.07, 6.45) is 5.75. The Morgan fingerprint density at radius 3 is 2.74 bits per heavy atom. The molecule has 0 atom stereocenters. The molecule has 4 aromatic rings. The fourth-order valence-corrected chi connectivity index (χ4v) is 4.04. The fraction of sp³-hybridized carbons (Fsp3) is 0.211. The van der Waals surface area contributed by atoms with Crippen molar-refractivity contribution in [1.82, 2.24) is 9.38 Å². The van der Waals surface area contributed by atoms with Crippen molar-refractivity contribution in [3.63, 3.8) is 0 Å². The van der Waals surface area contributed by atoms with E-state index in [0.717, 1.165) is 27.7 Å². The van der Waals surface area contributed by atoms with Gasteiger partial charge in [-0.05, 0) is 42.7 Å². The van der Waals surface area contributed by atoms with Crippen LogP contribution in [0.25, 0.3) is 26.4 Å². The number of hydrogen-bond donors (Lipinski definition) is 0. The molecule has 0 aliphatic rings. The van der Waals surface area contributed by atoms with E-state index in [2.05, 4.69) is 35.7 Å². The van der Waals surface area contributed by atoms with Gasteiger partial charge in [0.15, 0.2) is 4.96 Å². The Labute approximate surface area is 144 Å². The maximum atomic E-state index is 5.96. The Morgan fingerprint density at radius 1 is 1.13 bits per heavy atom. The van der Waals surface area contributed by atoms with E-state index in [-0.39, 0.29) is 0 Å². The number of imidazole rings is 1. The summed E-state index contributed by atoms with van der Waals surface area (Å²) in [6, 6.07) is 14.6. The van der Waals surface area contributed by atoms with Crippen LogP contribution in [0.3, 0.4) is 0 Å². The molecule has 0 N–H and O–H groups in total. The molecule has 116 valence electrons. The first kappa shape index (κ1) is 14.7. The second-order valence-corrected chi connectivity index (χ2v) is 7.24. The van der Waals surface area contributed by atoms with Gasteiger partial charge in [-0.15, -0.1) is 0 Å². The number of unbranched alkanes of at least 4 members (excludes halogenated alkanes) is 1. The maximum absolute atomic E-state index is 5.96. The average Bonchev–Trinajstić information content (AvgIpc) is 3.10. The van der Waals surface area contributed by atoms with Crippen LogP contribution in [-0.4, -0.2) is 9.38 Å². The highest BCUT2D eigenvalue weighted by Crippen LogP contribution is 2.30. The quantitative estimate of drug-likeness (QED) is 0.431. The van der Waals surface area contributed by atoms with E-state index in [9.17, 15) is 0 Å². The standard InChI is InChI=1S/C19H17ClN2S/c1-2-3-4-13-5-10-17-18(11-13)23-19-21-16(12-22(17)19)14-6-8-15(20)9-7-14/h5-12H,2-4H2,1H3. The first-order valence-electron chi connectivity index (χ1n) is 7.91. The number of thiazole rings is 1. The second kappa shape index (κ2) is 5.99. The number of aromatic nitrogens is 2. The third-order valence-corrected chi connectivity index (χ3v) is 5.39. The van der Waals surface area contributed by atoms with E-state index in [1.165, 1.54) is 28.6 Å². The second-order valence-electron chi connectivity index (χ2n) is 5.79. The van der Waals surface area contributed by atoms with Crippen LogP contribution in [0.2, 0.25) is 5.02 Å². The summed E-state index contributed by atoms with van der Waals surface area (Å²) in [5, 5.41) is 0.750. The molecular weight excluding hydrogens is 324 g/mol. The highest BCUT2D eigenvalue weighted by Gasteiger charge is 2.10. The number of hydrogen-bond acceptors (Lipinski definition) is 2. The number of rotatable bonds is 4. The number of aryl methyl sites for hydroxylation is 1. The lowest BCUT2D eigenvalue weighted by Gasteiger charge is -2.00. The summed E-state index contributed by atoms with van der Waals surface area (Å²) in [6.45, 7) is 2.23. The SMILES string of the molecule is CCCCc1ccc2c(c1)sc1nc(-c3ccc(Cl)cc3)cn12. The van der Waals surface area contributed by atoms with Crippen LogP contribution >= 0.6 is 22.9 Å². The van der Waals surface area contributed by atoms with Gasteiger partial charge in [-0.1, -0.05) is 54.5 Å². The molecule has 0 amide bonds. The minimum atomic E-state index is 0.750. The Balaban J connectivity index is 1.76. The topological polar surface area (TPSA) is 17.3 Å². The number of halogens is 1. The first-order chi connectivity index (χ1) is 11.2. The van der Waals surface area contributed by atoms with Crippen molar-refractivity contribution in [2.75, 3.05) is 0 Å². The van der Waals surface area contributed by atoms with Crippen LogP contribution < -0.4 is 0 Å². The van der Waals surface area contributed by atoms with Crippen molar-refractivity contribution in [3.8, 4) is 11.3 Å². The van der Waals surface area contributed by atoms with Gasteiger partial charge in [0, 0.05) is 16.8 Å². The van der Waals surface area contributed by atoms with Crippen molar-refractivity contribution in [2.45, 2.75) is 26.2 Å². The minimum absolute atomic E-state index is 0.750. The highest BCUT2D eigenvalue weighted by atomic mass is 35.5. The molecule has 4 heteroatoms. The summed E-state index contributed by atoms with van der Waals surface area (Å²) < 4.78 is 3.50. The third-order valence-electron chi connectivity index (χ3n) is 4.12. The number of fused-ring (bicyclic) bond motifs is 3. The van der Waals surface area contributed by atoms with Crippen LogP contribution in [0.4, 0.5) is 0 Å². The summed E-state index contributed by atoms with van der Waals surface area (Å²) >= 11 is 7.72. The molecule has 0 radical (unpaired) electrons. The van der Waals surface area contributed by atoms with Gasteiger partial charge in [0.2, 0.25) is 0 Å². The van der Waals surface area contributed by atoms with Gasteiger partial charge in [-0.25, -0.2) is 4.98 Å². The van der Waals surface area contributed by atoms with E-state index in [4.69, 9.17) is 16.6 Å². The molecular formula is C19H17ClN2S. The van der Waals surface area contributed by atoms with Gasteiger partial charge >= 0.3 is 0 Å². The van der Waals surface area contributed by atoms with Crippen LogP contribution in [0, 0.1) is 0 Å². The molecule has 2 heterocycles. The van der Waals surface area contributed by atoms with Gasteiger partial charge in [-0.2, -0.15) is 0 Å². The summed E-state index contributed by atoms with van der Waals surface area (Å²) in [7, 11) is 0.